The van der Waals surface area contributed by atoms with Crippen LogP contribution in [0.4, 0.5) is 4.79 Å². The number of carbonyl (C=O) groups is 1. The molecule has 5 heteroatoms. The summed E-state index contributed by atoms with van der Waals surface area (Å²) >= 11 is 0. The third-order valence-corrected chi connectivity index (χ3v) is 3.81. The standard InChI is InChI=1S/C15H23N3O2/c1-11-3-5-13(6-4-11)18-15(19)17-10-12-7-8-16-14(9-12)20-2/h7-9,11,13H,3-6,10H2,1-2H3,(H2,17,18,19). The summed E-state index contributed by atoms with van der Waals surface area (Å²) in [6.07, 6.45) is 6.24. The number of ether oxygens (including phenoxy) is 1. The maximum atomic E-state index is 11.9. The molecule has 110 valence electrons. The summed E-state index contributed by atoms with van der Waals surface area (Å²) in [5.41, 5.74) is 0.976. The highest BCUT2D eigenvalue weighted by molar-refractivity contribution is 5.74. The van der Waals surface area contributed by atoms with Gasteiger partial charge >= 0.3 is 6.03 Å². The maximum absolute atomic E-state index is 11.9. The third kappa shape index (κ3) is 4.40. The predicted octanol–water partition coefficient (Wildman–Crippen LogP) is 2.47. The van der Waals surface area contributed by atoms with E-state index in [1.807, 2.05) is 12.1 Å². The van der Waals surface area contributed by atoms with Crippen molar-refractivity contribution in [2.75, 3.05) is 7.11 Å². The van der Waals surface area contributed by atoms with Crippen LogP contribution in [0.2, 0.25) is 0 Å². The number of hydrogen-bond donors (Lipinski definition) is 2. The fourth-order valence-electron chi connectivity index (χ4n) is 2.50. The van der Waals surface area contributed by atoms with Gasteiger partial charge in [-0.05, 0) is 43.2 Å². The molecule has 1 aliphatic rings. The Labute approximate surface area is 120 Å². The predicted molar refractivity (Wildman–Crippen MR) is 77.6 cm³/mol. The van der Waals surface area contributed by atoms with Crippen molar-refractivity contribution in [3.8, 4) is 5.88 Å². The Morgan fingerprint density at radius 2 is 2.15 bits per heavy atom. The summed E-state index contributed by atoms with van der Waals surface area (Å²) in [5, 5.41) is 5.92. The number of rotatable bonds is 4. The van der Waals surface area contributed by atoms with Crippen molar-refractivity contribution in [2.45, 2.75) is 45.2 Å². The number of aromatic nitrogens is 1. The van der Waals surface area contributed by atoms with Crippen molar-refractivity contribution in [1.29, 1.82) is 0 Å². The number of urea groups is 1. The SMILES string of the molecule is COc1cc(CNC(=O)NC2CCC(C)CC2)ccn1. The number of methoxy groups -OCH3 is 1. The molecule has 0 aromatic carbocycles. The van der Waals surface area contributed by atoms with Crippen molar-refractivity contribution in [1.82, 2.24) is 15.6 Å². The van der Waals surface area contributed by atoms with Crippen LogP contribution in [0.25, 0.3) is 0 Å². The summed E-state index contributed by atoms with van der Waals surface area (Å²) in [7, 11) is 1.58. The van der Waals surface area contributed by atoms with Crippen molar-refractivity contribution in [2.24, 2.45) is 5.92 Å². The zero-order valence-electron chi connectivity index (χ0n) is 12.2. The molecule has 0 bridgehead atoms. The van der Waals surface area contributed by atoms with E-state index in [0.29, 0.717) is 18.5 Å². The molecule has 2 rings (SSSR count). The van der Waals surface area contributed by atoms with Crippen LogP contribution in [-0.4, -0.2) is 24.2 Å². The Balaban J connectivity index is 1.74. The molecule has 2 amide bonds. The van der Waals surface area contributed by atoms with Crippen molar-refractivity contribution >= 4 is 6.03 Å². The number of carbonyl (C=O) groups excluding carboxylic acids is 1. The van der Waals surface area contributed by atoms with E-state index in [2.05, 4.69) is 22.5 Å². The number of nitrogens with zero attached hydrogens (tertiary/aromatic N) is 1. The average molecular weight is 277 g/mol. The third-order valence-electron chi connectivity index (χ3n) is 3.81. The Bertz CT molecular complexity index is 442. The van der Waals surface area contributed by atoms with Crippen LogP contribution in [0, 0.1) is 5.92 Å². The zero-order valence-corrected chi connectivity index (χ0v) is 12.2. The van der Waals surface area contributed by atoms with Gasteiger partial charge in [-0.3, -0.25) is 0 Å². The fraction of sp³-hybridized carbons (Fsp3) is 0.600. The van der Waals surface area contributed by atoms with Crippen LogP contribution in [0.15, 0.2) is 18.3 Å². The Kier molecular flexibility index (Phi) is 5.21. The molecule has 1 aliphatic carbocycles. The fourth-order valence-corrected chi connectivity index (χ4v) is 2.50. The normalized spacial score (nSPS) is 22.1. The molecule has 1 aromatic rings. The first-order chi connectivity index (χ1) is 9.67. The topological polar surface area (TPSA) is 63.2 Å². The molecule has 0 unspecified atom stereocenters. The Morgan fingerprint density at radius 1 is 1.40 bits per heavy atom. The van der Waals surface area contributed by atoms with Crippen LogP contribution < -0.4 is 15.4 Å². The van der Waals surface area contributed by atoms with Crippen LogP contribution in [0.1, 0.15) is 38.2 Å². The van der Waals surface area contributed by atoms with E-state index in [0.717, 1.165) is 24.3 Å². The van der Waals surface area contributed by atoms with Crippen LogP contribution in [0.3, 0.4) is 0 Å². The smallest absolute Gasteiger partial charge is 0.315 e. The molecule has 1 heterocycles. The van der Waals surface area contributed by atoms with Gasteiger partial charge in [0.15, 0.2) is 0 Å². The molecule has 0 atom stereocenters. The van der Waals surface area contributed by atoms with Gasteiger partial charge in [0.1, 0.15) is 0 Å². The Hall–Kier alpha value is -1.78. The zero-order chi connectivity index (χ0) is 14.4. The summed E-state index contributed by atoms with van der Waals surface area (Å²) < 4.78 is 5.05. The van der Waals surface area contributed by atoms with E-state index in [9.17, 15) is 4.79 Å². The lowest BCUT2D eigenvalue weighted by atomic mass is 9.87. The van der Waals surface area contributed by atoms with Gasteiger partial charge in [-0.25, -0.2) is 9.78 Å². The number of amides is 2. The minimum atomic E-state index is -0.0969. The molecule has 0 aliphatic heterocycles. The van der Waals surface area contributed by atoms with Crippen molar-refractivity contribution in [3.63, 3.8) is 0 Å². The minimum absolute atomic E-state index is 0.0969. The second kappa shape index (κ2) is 7.12. The van der Waals surface area contributed by atoms with E-state index in [1.165, 1.54) is 12.8 Å². The van der Waals surface area contributed by atoms with Gasteiger partial charge in [0.05, 0.1) is 7.11 Å². The van der Waals surface area contributed by atoms with Gasteiger partial charge in [-0.2, -0.15) is 0 Å². The molecule has 1 aromatic heterocycles. The molecule has 0 radical (unpaired) electrons. The second-order valence-corrected chi connectivity index (χ2v) is 5.49. The largest absolute Gasteiger partial charge is 0.481 e. The first-order valence-electron chi connectivity index (χ1n) is 7.20. The van der Waals surface area contributed by atoms with Gasteiger partial charge in [-0.1, -0.05) is 6.92 Å². The highest BCUT2D eigenvalue weighted by atomic mass is 16.5. The first-order valence-corrected chi connectivity index (χ1v) is 7.20. The van der Waals surface area contributed by atoms with Gasteiger partial charge in [0.25, 0.3) is 0 Å². The van der Waals surface area contributed by atoms with Crippen LogP contribution in [-0.2, 0) is 6.54 Å². The molecule has 1 saturated carbocycles. The summed E-state index contributed by atoms with van der Waals surface area (Å²) in [5.74, 6) is 1.35. The lowest BCUT2D eigenvalue weighted by Crippen LogP contribution is -2.43. The number of nitrogens with one attached hydrogen (secondary N) is 2. The first kappa shape index (κ1) is 14.6. The quantitative estimate of drug-likeness (QED) is 0.888. The van der Waals surface area contributed by atoms with Crippen molar-refractivity contribution in [3.05, 3.63) is 23.9 Å². The molecule has 5 nitrogen and oxygen atoms in total. The van der Waals surface area contributed by atoms with Crippen molar-refractivity contribution < 1.29 is 9.53 Å². The molecular formula is C15H23N3O2. The highest BCUT2D eigenvalue weighted by Gasteiger charge is 2.19. The van der Waals surface area contributed by atoms with Gasteiger partial charge in [0.2, 0.25) is 5.88 Å². The van der Waals surface area contributed by atoms with E-state index in [-0.39, 0.29) is 6.03 Å². The van der Waals surface area contributed by atoms with Gasteiger partial charge < -0.3 is 15.4 Å². The molecule has 0 spiro atoms. The number of pyridine rings is 1. The monoisotopic (exact) mass is 277 g/mol. The maximum Gasteiger partial charge on any atom is 0.315 e. The van der Waals surface area contributed by atoms with E-state index < -0.39 is 0 Å². The number of hydrogen-bond acceptors (Lipinski definition) is 3. The van der Waals surface area contributed by atoms with Crippen LogP contribution >= 0.6 is 0 Å². The molecule has 20 heavy (non-hydrogen) atoms. The molecular weight excluding hydrogens is 254 g/mol. The van der Waals surface area contributed by atoms with E-state index in [1.54, 1.807) is 13.3 Å². The lowest BCUT2D eigenvalue weighted by Gasteiger charge is -2.26. The molecule has 2 N–H and O–H groups in total. The van der Waals surface area contributed by atoms with Crippen LogP contribution in [0.5, 0.6) is 5.88 Å². The van der Waals surface area contributed by atoms with Gasteiger partial charge in [-0.15, -0.1) is 0 Å². The summed E-state index contributed by atoms with van der Waals surface area (Å²) in [4.78, 5) is 15.9. The van der Waals surface area contributed by atoms with E-state index >= 15 is 0 Å². The summed E-state index contributed by atoms with van der Waals surface area (Å²) in [6.45, 7) is 2.75. The highest BCUT2D eigenvalue weighted by Crippen LogP contribution is 2.23. The second-order valence-electron chi connectivity index (χ2n) is 5.49. The summed E-state index contributed by atoms with van der Waals surface area (Å²) in [6, 6.07) is 3.91. The lowest BCUT2D eigenvalue weighted by molar-refractivity contribution is 0.228. The Morgan fingerprint density at radius 3 is 2.85 bits per heavy atom. The minimum Gasteiger partial charge on any atom is -0.481 e. The molecule has 1 fully saturated rings. The average Bonchev–Trinajstić information content (AvgIpc) is 2.48. The molecule has 0 saturated heterocycles. The van der Waals surface area contributed by atoms with Gasteiger partial charge in [0, 0.05) is 24.8 Å². The van der Waals surface area contributed by atoms with E-state index in [4.69, 9.17) is 4.74 Å².